The molecule has 174 valence electrons. The Kier molecular flexibility index (Phi) is 11.8. The van der Waals surface area contributed by atoms with E-state index in [-0.39, 0.29) is 19.4 Å². The summed E-state index contributed by atoms with van der Waals surface area (Å²) in [6, 6.07) is -0.847. The van der Waals surface area contributed by atoms with Crippen molar-refractivity contribution in [3.05, 3.63) is 0 Å². The summed E-state index contributed by atoms with van der Waals surface area (Å²) in [4.78, 5) is 46.7. The molecule has 0 spiro atoms. The molecule has 0 fully saturated rings. The van der Waals surface area contributed by atoms with Crippen LogP contribution in [0, 0.1) is 0 Å². The number of aliphatic carboxylic acids is 1. The minimum absolute atomic E-state index is 0.0335. The predicted molar refractivity (Wildman–Crippen MR) is 111 cm³/mol. The highest BCUT2D eigenvalue weighted by molar-refractivity contribution is 5.85. The molecule has 0 aromatic heterocycles. The van der Waals surface area contributed by atoms with E-state index in [2.05, 4.69) is 16.0 Å². The van der Waals surface area contributed by atoms with Gasteiger partial charge in [-0.1, -0.05) is 0 Å². The maximum absolute atomic E-state index is 12.4. The Labute approximate surface area is 178 Å². The van der Waals surface area contributed by atoms with Gasteiger partial charge in [-0.2, -0.15) is 0 Å². The molecule has 0 aromatic carbocycles. The summed E-state index contributed by atoms with van der Waals surface area (Å²) in [5.74, 6) is -1.28. The molecule has 0 aliphatic heterocycles. The molecule has 0 radical (unpaired) electrons. The van der Waals surface area contributed by atoms with Gasteiger partial charge in [0.05, 0.1) is 0 Å². The zero-order valence-electron chi connectivity index (χ0n) is 18.9. The van der Waals surface area contributed by atoms with Crippen molar-refractivity contribution in [1.29, 1.82) is 0 Å². The average Bonchev–Trinajstić information content (AvgIpc) is 2.53. The molecule has 0 aliphatic rings. The van der Waals surface area contributed by atoms with Gasteiger partial charge in [0.25, 0.3) is 0 Å². The monoisotopic (exact) mass is 431 g/mol. The predicted octanol–water partition coefficient (Wildman–Crippen LogP) is 2.56. The van der Waals surface area contributed by atoms with E-state index in [9.17, 15) is 19.2 Å². The molecule has 0 rings (SSSR count). The highest BCUT2D eigenvalue weighted by atomic mass is 16.6. The van der Waals surface area contributed by atoms with Gasteiger partial charge in [0.1, 0.15) is 17.2 Å². The van der Waals surface area contributed by atoms with Crippen LogP contribution < -0.4 is 16.0 Å². The Balaban J connectivity index is 4.59. The number of carboxylic acid groups (broad SMARTS) is 1. The number of carbonyl (C=O) groups is 4. The van der Waals surface area contributed by atoms with E-state index in [1.807, 2.05) is 0 Å². The van der Waals surface area contributed by atoms with Crippen molar-refractivity contribution in [1.82, 2.24) is 16.0 Å². The second-order valence-corrected chi connectivity index (χ2v) is 8.91. The van der Waals surface area contributed by atoms with E-state index in [1.165, 1.54) is 0 Å². The minimum atomic E-state index is -0.886. The third kappa shape index (κ3) is 16.4. The summed E-state index contributed by atoms with van der Waals surface area (Å²) in [5.41, 5.74) is -1.31. The number of carbonyl (C=O) groups excluding carboxylic acids is 3. The van der Waals surface area contributed by atoms with Crippen molar-refractivity contribution >= 4 is 24.1 Å². The minimum Gasteiger partial charge on any atom is -0.481 e. The van der Waals surface area contributed by atoms with Gasteiger partial charge in [0.2, 0.25) is 5.91 Å². The van der Waals surface area contributed by atoms with E-state index in [0.29, 0.717) is 25.8 Å². The second-order valence-electron chi connectivity index (χ2n) is 8.91. The molecule has 1 unspecified atom stereocenters. The molecule has 0 saturated heterocycles. The quantitative estimate of drug-likeness (QED) is 0.368. The average molecular weight is 432 g/mol. The molecule has 0 saturated carbocycles. The molecule has 4 N–H and O–H groups in total. The van der Waals surface area contributed by atoms with Crippen LogP contribution in [0.3, 0.4) is 0 Å². The maximum atomic E-state index is 12.4. The van der Waals surface area contributed by atoms with Crippen LogP contribution in [0.4, 0.5) is 9.59 Å². The molecule has 1 atom stereocenters. The van der Waals surface area contributed by atoms with Gasteiger partial charge >= 0.3 is 18.2 Å². The van der Waals surface area contributed by atoms with Crippen LogP contribution in [0.15, 0.2) is 0 Å². The first-order valence-corrected chi connectivity index (χ1v) is 10.2. The third-order valence-corrected chi connectivity index (χ3v) is 3.46. The number of hydrogen-bond donors (Lipinski definition) is 4. The van der Waals surface area contributed by atoms with Crippen molar-refractivity contribution < 1.29 is 33.8 Å². The first kappa shape index (κ1) is 27.5. The smallest absolute Gasteiger partial charge is 0.408 e. The van der Waals surface area contributed by atoms with E-state index in [1.54, 1.807) is 41.5 Å². The van der Waals surface area contributed by atoms with Crippen molar-refractivity contribution in [2.75, 3.05) is 13.1 Å². The van der Waals surface area contributed by atoms with Gasteiger partial charge in [0.15, 0.2) is 0 Å². The van der Waals surface area contributed by atoms with Crippen molar-refractivity contribution in [3.63, 3.8) is 0 Å². The summed E-state index contributed by atoms with van der Waals surface area (Å²) in [7, 11) is 0. The van der Waals surface area contributed by atoms with Gasteiger partial charge in [-0.3, -0.25) is 9.59 Å². The van der Waals surface area contributed by atoms with E-state index in [0.717, 1.165) is 0 Å². The summed E-state index contributed by atoms with van der Waals surface area (Å²) in [6.07, 6.45) is 0.418. The third-order valence-electron chi connectivity index (χ3n) is 3.46. The number of hydrogen-bond acceptors (Lipinski definition) is 6. The number of rotatable bonds is 11. The van der Waals surface area contributed by atoms with E-state index in [4.69, 9.17) is 14.6 Å². The molecule has 0 heterocycles. The molecule has 0 aromatic rings. The van der Waals surface area contributed by atoms with Crippen LogP contribution in [0.25, 0.3) is 0 Å². The zero-order valence-corrected chi connectivity index (χ0v) is 18.9. The standard InChI is InChI=1S/C20H37N3O7/c1-19(2,3)29-17(27)22-13-9-10-14(23-18(28)30-20(4,5)6)16(26)21-12-8-7-11-15(24)25/h14H,7-13H2,1-6H3,(H,21,26)(H,22,27)(H,23,28)(H,24,25). The van der Waals surface area contributed by atoms with Crippen LogP contribution in [-0.2, 0) is 19.1 Å². The lowest BCUT2D eigenvalue weighted by Gasteiger charge is -2.23. The van der Waals surface area contributed by atoms with Crippen molar-refractivity contribution in [3.8, 4) is 0 Å². The Morgan fingerprint density at radius 2 is 1.33 bits per heavy atom. The first-order valence-electron chi connectivity index (χ1n) is 10.2. The highest BCUT2D eigenvalue weighted by Gasteiger charge is 2.24. The van der Waals surface area contributed by atoms with Crippen LogP contribution in [0.1, 0.15) is 73.6 Å². The number of nitrogens with one attached hydrogen (secondary N) is 3. The van der Waals surface area contributed by atoms with Crippen LogP contribution >= 0.6 is 0 Å². The molecule has 0 bridgehead atoms. The molecule has 10 heteroatoms. The summed E-state index contributed by atoms with van der Waals surface area (Å²) in [6.45, 7) is 11.0. The molecular formula is C20H37N3O7. The van der Waals surface area contributed by atoms with Gasteiger partial charge in [-0.25, -0.2) is 9.59 Å². The first-order chi connectivity index (χ1) is 13.7. The van der Waals surface area contributed by atoms with Gasteiger partial charge in [0, 0.05) is 19.5 Å². The Morgan fingerprint density at radius 1 is 0.800 bits per heavy atom. The fraction of sp³-hybridized carbons (Fsp3) is 0.800. The van der Waals surface area contributed by atoms with Crippen molar-refractivity contribution in [2.45, 2.75) is 90.9 Å². The summed E-state index contributed by atoms with van der Waals surface area (Å²) >= 11 is 0. The lowest BCUT2D eigenvalue weighted by atomic mass is 10.1. The number of unbranched alkanes of at least 4 members (excludes halogenated alkanes) is 1. The van der Waals surface area contributed by atoms with Crippen molar-refractivity contribution in [2.24, 2.45) is 0 Å². The molecule has 30 heavy (non-hydrogen) atoms. The Bertz CT molecular complexity index is 580. The fourth-order valence-electron chi connectivity index (χ4n) is 2.27. The largest absolute Gasteiger partial charge is 0.481 e. The number of alkyl carbamates (subject to hydrolysis) is 2. The fourth-order valence-corrected chi connectivity index (χ4v) is 2.27. The summed E-state index contributed by atoms with van der Waals surface area (Å²) < 4.78 is 10.3. The number of amides is 3. The van der Waals surface area contributed by atoms with Gasteiger partial charge in [-0.05, 0) is 67.2 Å². The Morgan fingerprint density at radius 3 is 1.87 bits per heavy atom. The number of ether oxygens (including phenoxy) is 2. The molecular weight excluding hydrogens is 394 g/mol. The zero-order chi connectivity index (χ0) is 23.4. The van der Waals surface area contributed by atoms with Gasteiger partial charge < -0.3 is 30.5 Å². The molecule has 10 nitrogen and oxygen atoms in total. The van der Waals surface area contributed by atoms with Crippen LogP contribution in [-0.4, -0.2) is 59.5 Å². The SMILES string of the molecule is CC(C)(C)OC(=O)NCCCC(NC(=O)OC(C)(C)C)C(=O)NCCCCC(=O)O. The van der Waals surface area contributed by atoms with Gasteiger partial charge in [-0.15, -0.1) is 0 Å². The summed E-state index contributed by atoms with van der Waals surface area (Å²) in [5, 5.41) is 16.5. The normalized spacial score (nSPS) is 12.5. The Hall–Kier alpha value is -2.52. The number of carboxylic acids is 1. The van der Waals surface area contributed by atoms with E-state index >= 15 is 0 Å². The van der Waals surface area contributed by atoms with Crippen LogP contribution in [0.2, 0.25) is 0 Å². The highest BCUT2D eigenvalue weighted by Crippen LogP contribution is 2.09. The lowest BCUT2D eigenvalue weighted by Crippen LogP contribution is -2.48. The maximum Gasteiger partial charge on any atom is 0.408 e. The van der Waals surface area contributed by atoms with Crippen LogP contribution in [0.5, 0.6) is 0 Å². The lowest BCUT2D eigenvalue weighted by molar-refractivity contribution is -0.137. The molecule has 3 amide bonds. The second kappa shape index (κ2) is 12.9. The molecule has 0 aliphatic carbocycles. The van der Waals surface area contributed by atoms with E-state index < -0.39 is 41.3 Å². The topological polar surface area (TPSA) is 143 Å².